The number of rotatable bonds is 7. The number of benzene rings is 2. The number of nitrogens with one attached hydrogen (secondary N) is 1. The van der Waals surface area contributed by atoms with Crippen LogP contribution < -0.4 is 19.5 Å². The topological polar surface area (TPSA) is 56.8 Å². The fraction of sp³-hybridized carbons (Fsp3) is 0.316. The number of carbonyl (C=O) groups is 1. The maximum absolute atomic E-state index is 12.4. The summed E-state index contributed by atoms with van der Waals surface area (Å²) in [5, 5.41) is 3.48. The van der Waals surface area contributed by atoms with Crippen molar-refractivity contribution in [3.63, 3.8) is 0 Å². The second kappa shape index (κ2) is 8.62. The summed E-state index contributed by atoms with van der Waals surface area (Å²) in [5.74, 6) is 1.68. The molecule has 25 heavy (non-hydrogen) atoms. The van der Waals surface area contributed by atoms with Crippen LogP contribution in [0.15, 0.2) is 42.5 Å². The van der Waals surface area contributed by atoms with Gasteiger partial charge in [-0.2, -0.15) is 0 Å². The van der Waals surface area contributed by atoms with E-state index in [0.29, 0.717) is 22.3 Å². The van der Waals surface area contributed by atoms with Crippen molar-refractivity contribution in [3.8, 4) is 17.2 Å². The molecular weight excluding hydrogens is 342 g/mol. The maximum Gasteiger partial charge on any atom is 0.261 e. The molecule has 0 saturated carbocycles. The van der Waals surface area contributed by atoms with Crippen molar-refractivity contribution in [2.45, 2.75) is 26.0 Å². The van der Waals surface area contributed by atoms with Crippen LogP contribution in [0.1, 0.15) is 25.5 Å². The lowest BCUT2D eigenvalue weighted by Gasteiger charge is -2.21. The fourth-order valence-corrected chi connectivity index (χ4v) is 2.56. The van der Waals surface area contributed by atoms with Crippen LogP contribution in [0.2, 0.25) is 5.02 Å². The number of methoxy groups -OCH3 is 2. The van der Waals surface area contributed by atoms with Gasteiger partial charge in [0, 0.05) is 10.6 Å². The van der Waals surface area contributed by atoms with Crippen molar-refractivity contribution in [1.82, 2.24) is 5.32 Å². The third-order valence-electron chi connectivity index (χ3n) is 3.74. The van der Waals surface area contributed by atoms with Crippen molar-refractivity contribution in [3.05, 3.63) is 53.1 Å². The van der Waals surface area contributed by atoms with Gasteiger partial charge in [0.05, 0.1) is 20.3 Å². The van der Waals surface area contributed by atoms with Crippen molar-refractivity contribution in [2.75, 3.05) is 14.2 Å². The standard InChI is InChI=1S/C19H22ClNO4/c1-12(17-11-15(23-3)8-9-18(17)24-4)21-19(22)13(2)25-16-7-5-6-14(20)10-16/h5-13H,1-4H3,(H,21,22)/t12-,13-/m0/s1. The van der Waals surface area contributed by atoms with Crippen molar-refractivity contribution >= 4 is 17.5 Å². The SMILES string of the molecule is COc1ccc(OC)c([C@H](C)NC(=O)[C@H](C)Oc2cccc(Cl)c2)c1. The van der Waals surface area contributed by atoms with Crippen LogP contribution in [-0.4, -0.2) is 26.2 Å². The lowest BCUT2D eigenvalue weighted by Crippen LogP contribution is -2.37. The Morgan fingerprint density at radius 2 is 1.80 bits per heavy atom. The highest BCUT2D eigenvalue weighted by molar-refractivity contribution is 6.30. The van der Waals surface area contributed by atoms with Crippen LogP contribution in [0, 0.1) is 0 Å². The highest BCUT2D eigenvalue weighted by atomic mass is 35.5. The molecule has 0 spiro atoms. The summed E-state index contributed by atoms with van der Waals surface area (Å²) in [6, 6.07) is 12.1. The average Bonchev–Trinajstić information content (AvgIpc) is 2.60. The molecule has 0 heterocycles. The number of halogens is 1. The third kappa shape index (κ3) is 5.03. The minimum Gasteiger partial charge on any atom is -0.497 e. The molecule has 0 aliphatic carbocycles. The second-order valence-electron chi connectivity index (χ2n) is 5.56. The van der Waals surface area contributed by atoms with E-state index in [9.17, 15) is 4.79 Å². The minimum atomic E-state index is -0.669. The summed E-state index contributed by atoms with van der Waals surface area (Å²) >= 11 is 5.93. The molecule has 2 rings (SSSR count). The molecular formula is C19H22ClNO4. The zero-order chi connectivity index (χ0) is 18.4. The van der Waals surface area contributed by atoms with E-state index < -0.39 is 6.10 Å². The van der Waals surface area contributed by atoms with Crippen molar-refractivity contribution in [1.29, 1.82) is 0 Å². The van der Waals surface area contributed by atoms with E-state index in [0.717, 1.165) is 5.56 Å². The lowest BCUT2D eigenvalue weighted by atomic mass is 10.1. The van der Waals surface area contributed by atoms with E-state index in [1.54, 1.807) is 45.4 Å². The highest BCUT2D eigenvalue weighted by Gasteiger charge is 2.20. The van der Waals surface area contributed by atoms with Crippen LogP contribution in [-0.2, 0) is 4.79 Å². The van der Waals surface area contributed by atoms with Crippen LogP contribution in [0.25, 0.3) is 0 Å². The molecule has 2 aromatic rings. The van der Waals surface area contributed by atoms with E-state index in [1.807, 2.05) is 25.1 Å². The first-order chi connectivity index (χ1) is 11.9. The Kier molecular flexibility index (Phi) is 6.53. The molecule has 0 saturated heterocycles. The molecule has 5 nitrogen and oxygen atoms in total. The molecule has 0 aliphatic heterocycles. The Hall–Kier alpha value is -2.40. The highest BCUT2D eigenvalue weighted by Crippen LogP contribution is 2.29. The predicted octanol–water partition coefficient (Wildman–Crippen LogP) is 4.00. The van der Waals surface area contributed by atoms with Gasteiger partial charge in [-0.05, 0) is 50.2 Å². The molecule has 0 fully saturated rings. The van der Waals surface area contributed by atoms with Gasteiger partial charge >= 0.3 is 0 Å². The second-order valence-corrected chi connectivity index (χ2v) is 5.99. The first kappa shape index (κ1) is 18.9. The Bertz CT molecular complexity index is 735. The largest absolute Gasteiger partial charge is 0.497 e. The van der Waals surface area contributed by atoms with Gasteiger partial charge in [0.15, 0.2) is 6.10 Å². The van der Waals surface area contributed by atoms with Crippen LogP contribution in [0.3, 0.4) is 0 Å². The van der Waals surface area contributed by atoms with Gasteiger partial charge in [-0.15, -0.1) is 0 Å². The summed E-state index contributed by atoms with van der Waals surface area (Å²) in [7, 11) is 3.18. The van der Waals surface area contributed by atoms with E-state index in [2.05, 4.69) is 5.32 Å². The number of amides is 1. The first-order valence-corrected chi connectivity index (χ1v) is 8.27. The van der Waals surface area contributed by atoms with Gasteiger partial charge in [-0.25, -0.2) is 0 Å². The average molecular weight is 364 g/mol. The molecule has 6 heteroatoms. The van der Waals surface area contributed by atoms with Gasteiger partial charge in [0.1, 0.15) is 17.2 Å². The van der Waals surface area contributed by atoms with Gasteiger partial charge in [-0.1, -0.05) is 17.7 Å². The van der Waals surface area contributed by atoms with E-state index >= 15 is 0 Å². The number of carbonyl (C=O) groups excluding carboxylic acids is 1. The molecule has 1 N–H and O–H groups in total. The summed E-state index contributed by atoms with van der Waals surface area (Å²) < 4.78 is 16.2. The van der Waals surface area contributed by atoms with Gasteiger partial charge in [0.25, 0.3) is 5.91 Å². The Morgan fingerprint density at radius 1 is 1.04 bits per heavy atom. The minimum absolute atomic E-state index is 0.239. The van der Waals surface area contributed by atoms with Crippen LogP contribution in [0.4, 0.5) is 0 Å². The van der Waals surface area contributed by atoms with Gasteiger partial charge in [-0.3, -0.25) is 4.79 Å². The summed E-state index contributed by atoms with van der Waals surface area (Å²) in [6.07, 6.45) is -0.669. The van der Waals surface area contributed by atoms with E-state index in [-0.39, 0.29) is 11.9 Å². The summed E-state index contributed by atoms with van der Waals surface area (Å²) in [4.78, 5) is 12.4. The Morgan fingerprint density at radius 3 is 2.44 bits per heavy atom. The third-order valence-corrected chi connectivity index (χ3v) is 3.98. The molecule has 2 atom stereocenters. The molecule has 2 aromatic carbocycles. The number of hydrogen-bond acceptors (Lipinski definition) is 4. The zero-order valence-electron chi connectivity index (χ0n) is 14.7. The number of hydrogen-bond donors (Lipinski definition) is 1. The van der Waals surface area contributed by atoms with Gasteiger partial charge in [0.2, 0.25) is 0 Å². The smallest absolute Gasteiger partial charge is 0.261 e. The van der Waals surface area contributed by atoms with E-state index in [1.165, 1.54) is 0 Å². The van der Waals surface area contributed by atoms with Gasteiger partial charge < -0.3 is 19.5 Å². The fourth-order valence-electron chi connectivity index (χ4n) is 2.38. The maximum atomic E-state index is 12.4. The quantitative estimate of drug-likeness (QED) is 0.807. The lowest BCUT2D eigenvalue weighted by molar-refractivity contribution is -0.127. The summed E-state index contributed by atoms with van der Waals surface area (Å²) in [6.45, 7) is 3.56. The predicted molar refractivity (Wildman–Crippen MR) is 97.6 cm³/mol. The molecule has 0 radical (unpaired) electrons. The zero-order valence-corrected chi connectivity index (χ0v) is 15.5. The molecule has 0 bridgehead atoms. The van der Waals surface area contributed by atoms with Crippen molar-refractivity contribution < 1.29 is 19.0 Å². The molecule has 0 aromatic heterocycles. The molecule has 0 aliphatic rings. The first-order valence-electron chi connectivity index (χ1n) is 7.89. The Labute approximate surface area is 152 Å². The van der Waals surface area contributed by atoms with Crippen molar-refractivity contribution in [2.24, 2.45) is 0 Å². The summed E-state index contributed by atoms with van der Waals surface area (Å²) in [5.41, 5.74) is 0.824. The monoisotopic (exact) mass is 363 g/mol. The molecule has 0 unspecified atom stereocenters. The molecule has 134 valence electrons. The normalized spacial score (nSPS) is 12.8. The Balaban J connectivity index is 2.06. The van der Waals surface area contributed by atoms with Crippen LogP contribution in [0.5, 0.6) is 17.2 Å². The van der Waals surface area contributed by atoms with Crippen LogP contribution >= 0.6 is 11.6 Å². The number of ether oxygens (including phenoxy) is 3. The van der Waals surface area contributed by atoms with E-state index in [4.69, 9.17) is 25.8 Å². The molecule has 1 amide bonds.